The third-order valence-corrected chi connectivity index (χ3v) is 3.65. The van der Waals surface area contributed by atoms with Crippen LogP contribution in [0.25, 0.3) is 0 Å². The highest BCUT2D eigenvalue weighted by molar-refractivity contribution is 7.18. The average Bonchev–Trinajstić information content (AvgIpc) is 2.72. The second-order valence-electron chi connectivity index (χ2n) is 4.97. The predicted molar refractivity (Wildman–Crippen MR) is 84.4 cm³/mol. The number of rotatable bonds is 4. The number of carbonyl (C=O) groups excluding carboxylic acids is 1. The Morgan fingerprint density at radius 3 is 2.76 bits per heavy atom. The van der Waals surface area contributed by atoms with Crippen molar-refractivity contribution in [2.75, 3.05) is 16.4 Å². The van der Waals surface area contributed by atoms with E-state index in [0.29, 0.717) is 5.13 Å². The lowest BCUT2D eigenvalue weighted by molar-refractivity contribution is 0.103. The molecule has 4 N–H and O–H groups in total. The van der Waals surface area contributed by atoms with Crippen LogP contribution in [-0.4, -0.2) is 16.9 Å². The quantitative estimate of drug-likeness (QED) is 0.810. The summed E-state index contributed by atoms with van der Waals surface area (Å²) in [6.07, 6.45) is 0. The molecule has 1 heterocycles. The van der Waals surface area contributed by atoms with Gasteiger partial charge in [-0.1, -0.05) is 17.4 Å². The third-order valence-electron chi connectivity index (χ3n) is 2.64. The molecule has 7 heteroatoms. The maximum Gasteiger partial charge on any atom is 0.269 e. The molecule has 1 amide bonds. The van der Waals surface area contributed by atoms with Crippen molar-refractivity contribution < 1.29 is 9.18 Å². The number of hydrogen-bond donors (Lipinski definition) is 3. The van der Waals surface area contributed by atoms with Gasteiger partial charge in [-0.05, 0) is 38.5 Å². The highest BCUT2D eigenvalue weighted by Crippen LogP contribution is 2.27. The van der Waals surface area contributed by atoms with Crippen LogP contribution >= 0.6 is 11.3 Å². The van der Waals surface area contributed by atoms with Gasteiger partial charge in [0.1, 0.15) is 16.5 Å². The molecule has 1 aromatic heterocycles. The van der Waals surface area contributed by atoms with E-state index < -0.39 is 11.7 Å². The van der Waals surface area contributed by atoms with E-state index in [4.69, 9.17) is 5.73 Å². The highest BCUT2D eigenvalue weighted by atomic mass is 32.1. The first kappa shape index (κ1) is 15.2. The fraction of sp³-hybridized carbons (Fsp3) is 0.286. The van der Waals surface area contributed by atoms with Crippen LogP contribution in [0.1, 0.15) is 29.1 Å². The topological polar surface area (TPSA) is 80.0 Å². The Labute approximate surface area is 126 Å². The zero-order valence-corrected chi connectivity index (χ0v) is 12.8. The van der Waals surface area contributed by atoms with Gasteiger partial charge < -0.3 is 16.4 Å². The van der Waals surface area contributed by atoms with Crippen molar-refractivity contribution in [1.82, 2.24) is 4.98 Å². The van der Waals surface area contributed by atoms with Crippen LogP contribution in [0.15, 0.2) is 18.2 Å². The van der Waals surface area contributed by atoms with E-state index in [0.717, 1.165) is 16.9 Å². The van der Waals surface area contributed by atoms with Crippen molar-refractivity contribution in [3.8, 4) is 0 Å². The van der Waals surface area contributed by atoms with Gasteiger partial charge in [-0.25, -0.2) is 9.37 Å². The first-order chi connectivity index (χ1) is 9.86. The lowest BCUT2D eigenvalue weighted by Crippen LogP contribution is -2.13. The van der Waals surface area contributed by atoms with Gasteiger partial charge in [-0.3, -0.25) is 4.79 Å². The fourth-order valence-electron chi connectivity index (χ4n) is 1.70. The van der Waals surface area contributed by atoms with Crippen molar-refractivity contribution in [1.29, 1.82) is 0 Å². The summed E-state index contributed by atoms with van der Waals surface area (Å²) in [5.41, 5.74) is 6.64. The van der Waals surface area contributed by atoms with E-state index in [-0.39, 0.29) is 22.4 Å². The number of thiazole rings is 1. The van der Waals surface area contributed by atoms with Crippen molar-refractivity contribution in [3.63, 3.8) is 0 Å². The maximum absolute atomic E-state index is 13.7. The van der Waals surface area contributed by atoms with Crippen molar-refractivity contribution in [2.24, 2.45) is 0 Å². The van der Waals surface area contributed by atoms with E-state index in [1.807, 2.05) is 13.8 Å². The number of aryl methyl sites for hydroxylation is 1. The Morgan fingerprint density at radius 1 is 1.43 bits per heavy atom. The summed E-state index contributed by atoms with van der Waals surface area (Å²) in [5.74, 6) is -0.815. The van der Waals surface area contributed by atoms with Gasteiger partial charge in [-0.15, -0.1) is 0 Å². The van der Waals surface area contributed by atoms with Gasteiger partial charge in [0.25, 0.3) is 5.91 Å². The third kappa shape index (κ3) is 3.69. The highest BCUT2D eigenvalue weighted by Gasteiger charge is 2.18. The number of carbonyl (C=O) groups is 1. The molecule has 0 saturated carbocycles. The normalized spacial score (nSPS) is 10.7. The molecular formula is C14H17FN4OS. The zero-order valence-electron chi connectivity index (χ0n) is 12.0. The van der Waals surface area contributed by atoms with Crippen molar-refractivity contribution >= 4 is 33.9 Å². The number of benzene rings is 1. The van der Waals surface area contributed by atoms with Gasteiger partial charge >= 0.3 is 0 Å². The van der Waals surface area contributed by atoms with Crippen LogP contribution < -0.4 is 16.4 Å². The smallest absolute Gasteiger partial charge is 0.269 e. The lowest BCUT2D eigenvalue weighted by Gasteiger charge is -2.06. The number of aromatic nitrogens is 1. The molecule has 0 radical (unpaired) electrons. The maximum atomic E-state index is 13.7. The molecule has 112 valence electrons. The molecule has 0 fully saturated rings. The minimum absolute atomic E-state index is 0.122. The Balaban J connectivity index is 2.18. The van der Waals surface area contributed by atoms with Crippen LogP contribution in [-0.2, 0) is 0 Å². The Kier molecular flexibility index (Phi) is 4.42. The van der Waals surface area contributed by atoms with Gasteiger partial charge in [0.05, 0.1) is 5.69 Å². The molecule has 1 aromatic carbocycles. The molecular weight excluding hydrogens is 291 g/mol. The number of nitrogen functional groups attached to an aromatic ring is 1. The lowest BCUT2D eigenvalue weighted by atomic mass is 10.2. The monoisotopic (exact) mass is 308 g/mol. The molecule has 0 aliphatic rings. The second kappa shape index (κ2) is 6.09. The van der Waals surface area contributed by atoms with Crippen LogP contribution in [0.5, 0.6) is 0 Å². The summed E-state index contributed by atoms with van der Waals surface area (Å²) >= 11 is 1.14. The molecule has 0 saturated heterocycles. The molecule has 0 aliphatic carbocycles. The molecule has 0 atom stereocenters. The van der Waals surface area contributed by atoms with Crippen LogP contribution in [0.2, 0.25) is 0 Å². The van der Waals surface area contributed by atoms with E-state index in [2.05, 4.69) is 15.6 Å². The first-order valence-electron chi connectivity index (χ1n) is 6.47. The standard InChI is InChI=1S/C14H17FN4OS/c1-7(2)17-14-19-12(16)11(21-14)13(20)18-10-5-4-8(3)6-9(10)15/h4-7H,16H2,1-3H3,(H,17,19)(H,18,20). The van der Waals surface area contributed by atoms with E-state index in [1.165, 1.54) is 12.1 Å². The predicted octanol–water partition coefficient (Wildman–Crippen LogP) is 3.25. The van der Waals surface area contributed by atoms with Gasteiger partial charge in [0, 0.05) is 6.04 Å². The summed E-state index contributed by atoms with van der Waals surface area (Å²) < 4.78 is 13.7. The van der Waals surface area contributed by atoms with Gasteiger partial charge in [-0.2, -0.15) is 0 Å². The zero-order chi connectivity index (χ0) is 15.6. The number of nitrogens with zero attached hydrogens (tertiary/aromatic N) is 1. The molecule has 0 bridgehead atoms. The molecule has 5 nitrogen and oxygen atoms in total. The number of nitrogens with one attached hydrogen (secondary N) is 2. The summed E-state index contributed by atoms with van der Waals surface area (Å²) in [4.78, 5) is 16.5. The summed E-state index contributed by atoms with van der Waals surface area (Å²) in [6.45, 7) is 5.69. The minimum atomic E-state index is -0.480. The molecule has 2 aromatic rings. The molecule has 0 aliphatic heterocycles. The average molecular weight is 308 g/mol. The van der Waals surface area contributed by atoms with E-state index in [1.54, 1.807) is 13.0 Å². The number of amides is 1. The van der Waals surface area contributed by atoms with E-state index >= 15 is 0 Å². The SMILES string of the molecule is Cc1ccc(NC(=O)c2sc(NC(C)C)nc2N)c(F)c1. The van der Waals surface area contributed by atoms with Gasteiger partial charge in [0.2, 0.25) is 0 Å². The van der Waals surface area contributed by atoms with Crippen molar-refractivity contribution in [3.05, 3.63) is 34.5 Å². The largest absolute Gasteiger partial charge is 0.382 e. The molecule has 0 spiro atoms. The number of nitrogens with two attached hydrogens (primary N) is 1. The van der Waals surface area contributed by atoms with Crippen molar-refractivity contribution in [2.45, 2.75) is 26.8 Å². The summed E-state index contributed by atoms with van der Waals surface area (Å²) in [6, 6.07) is 4.78. The number of halogens is 1. The minimum Gasteiger partial charge on any atom is -0.382 e. The summed E-state index contributed by atoms with van der Waals surface area (Å²) in [7, 11) is 0. The fourth-order valence-corrected chi connectivity index (χ4v) is 2.63. The molecule has 21 heavy (non-hydrogen) atoms. The Morgan fingerprint density at radius 2 is 2.14 bits per heavy atom. The van der Waals surface area contributed by atoms with Crippen LogP contribution in [0.3, 0.4) is 0 Å². The Bertz CT molecular complexity index is 669. The number of hydrogen-bond acceptors (Lipinski definition) is 5. The van der Waals surface area contributed by atoms with Crippen LogP contribution in [0.4, 0.5) is 21.0 Å². The molecule has 2 rings (SSSR count). The van der Waals surface area contributed by atoms with E-state index in [9.17, 15) is 9.18 Å². The van der Waals surface area contributed by atoms with Gasteiger partial charge in [0.15, 0.2) is 5.13 Å². The Hall–Kier alpha value is -2.15. The first-order valence-corrected chi connectivity index (χ1v) is 7.29. The second-order valence-corrected chi connectivity index (χ2v) is 5.97. The molecule has 0 unspecified atom stereocenters. The number of anilines is 3. The van der Waals surface area contributed by atoms with Crippen LogP contribution in [0, 0.1) is 12.7 Å². The summed E-state index contributed by atoms with van der Waals surface area (Å²) in [5, 5.41) is 6.15.